The molecule has 0 saturated heterocycles. The van der Waals surface area contributed by atoms with E-state index in [1.807, 2.05) is 12.1 Å². The standard InChI is InChI=1S/C9H8BrN3OS/c10-8-2-1-7(15-8)5-11-9(14)6-3-12-13-4-6/h1-4H,5H2,(H,11,14)(H,12,13). The third-order valence-electron chi connectivity index (χ3n) is 1.81. The predicted octanol–water partition coefficient (Wildman–Crippen LogP) is 2.16. The maximum Gasteiger partial charge on any atom is 0.254 e. The van der Waals surface area contributed by atoms with Crippen LogP contribution in [0.3, 0.4) is 0 Å². The van der Waals surface area contributed by atoms with E-state index in [4.69, 9.17) is 0 Å². The molecule has 0 spiro atoms. The molecule has 6 heteroatoms. The van der Waals surface area contributed by atoms with Gasteiger partial charge >= 0.3 is 0 Å². The molecule has 4 nitrogen and oxygen atoms in total. The van der Waals surface area contributed by atoms with Crippen molar-refractivity contribution in [3.05, 3.63) is 38.8 Å². The number of hydrogen-bond acceptors (Lipinski definition) is 3. The van der Waals surface area contributed by atoms with Gasteiger partial charge in [0, 0.05) is 11.1 Å². The van der Waals surface area contributed by atoms with Crippen LogP contribution in [-0.4, -0.2) is 16.1 Å². The summed E-state index contributed by atoms with van der Waals surface area (Å²) in [5, 5.41) is 9.11. The van der Waals surface area contributed by atoms with Crippen LogP contribution in [0.25, 0.3) is 0 Å². The summed E-state index contributed by atoms with van der Waals surface area (Å²) in [7, 11) is 0. The minimum atomic E-state index is -0.117. The number of aromatic amines is 1. The van der Waals surface area contributed by atoms with Crippen LogP contribution >= 0.6 is 27.3 Å². The highest BCUT2D eigenvalue weighted by Crippen LogP contribution is 2.21. The first kappa shape index (κ1) is 10.4. The number of carbonyl (C=O) groups is 1. The zero-order valence-corrected chi connectivity index (χ0v) is 10.1. The second-order valence-electron chi connectivity index (χ2n) is 2.88. The lowest BCUT2D eigenvalue weighted by Gasteiger charge is -1.99. The minimum absolute atomic E-state index is 0.117. The molecule has 2 rings (SSSR count). The molecular weight excluding hydrogens is 278 g/mol. The van der Waals surface area contributed by atoms with Gasteiger partial charge < -0.3 is 5.32 Å². The van der Waals surface area contributed by atoms with E-state index < -0.39 is 0 Å². The van der Waals surface area contributed by atoms with E-state index in [1.54, 1.807) is 17.5 Å². The Bertz CT molecular complexity index is 452. The first-order valence-electron chi connectivity index (χ1n) is 4.27. The Labute approximate surface area is 98.8 Å². The third-order valence-corrected chi connectivity index (χ3v) is 3.44. The lowest BCUT2D eigenvalue weighted by molar-refractivity contribution is 0.0951. The number of H-pyrrole nitrogens is 1. The molecule has 2 N–H and O–H groups in total. The van der Waals surface area contributed by atoms with Gasteiger partial charge in [0.1, 0.15) is 0 Å². The van der Waals surface area contributed by atoms with E-state index in [1.165, 1.54) is 6.20 Å². The fourth-order valence-corrected chi connectivity index (χ4v) is 2.51. The Morgan fingerprint density at radius 2 is 2.47 bits per heavy atom. The van der Waals surface area contributed by atoms with Gasteiger partial charge in [0.05, 0.1) is 22.1 Å². The highest BCUT2D eigenvalue weighted by Gasteiger charge is 2.06. The van der Waals surface area contributed by atoms with Gasteiger partial charge in [-0.15, -0.1) is 11.3 Å². The van der Waals surface area contributed by atoms with Crippen molar-refractivity contribution in [2.75, 3.05) is 0 Å². The number of thiophene rings is 1. The Morgan fingerprint density at radius 1 is 1.60 bits per heavy atom. The number of halogens is 1. The summed E-state index contributed by atoms with van der Waals surface area (Å²) in [5.74, 6) is -0.117. The molecule has 2 heterocycles. The maximum atomic E-state index is 11.5. The lowest BCUT2D eigenvalue weighted by Crippen LogP contribution is -2.21. The molecular formula is C9H8BrN3OS. The number of nitrogens with zero attached hydrogens (tertiary/aromatic N) is 1. The quantitative estimate of drug-likeness (QED) is 0.908. The summed E-state index contributed by atoms with van der Waals surface area (Å²) in [6.07, 6.45) is 3.07. The van der Waals surface area contributed by atoms with Gasteiger partial charge in [-0.25, -0.2) is 0 Å². The van der Waals surface area contributed by atoms with Crippen molar-refractivity contribution in [1.82, 2.24) is 15.5 Å². The Morgan fingerprint density at radius 3 is 3.07 bits per heavy atom. The second-order valence-corrected chi connectivity index (χ2v) is 5.42. The van der Waals surface area contributed by atoms with Gasteiger partial charge in [-0.1, -0.05) is 0 Å². The molecule has 0 radical (unpaired) electrons. The van der Waals surface area contributed by atoms with Crippen molar-refractivity contribution in [3.8, 4) is 0 Å². The summed E-state index contributed by atoms with van der Waals surface area (Å²) in [6.45, 7) is 0.542. The summed E-state index contributed by atoms with van der Waals surface area (Å²) in [5.41, 5.74) is 0.547. The normalized spacial score (nSPS) is 10.2. The number of amides is 1. The Hall–Kier alpha value is -1.14. The van der Waals surface area contributed by atoms with Crippen LogP contribution in [0.1, 0.15) is 15.2 Å². The van der Waals surface area contributed by atoms with Crippen LogP contribution < -0.4 is 5.32 Å². The number of rotatable bonds is 3. The summed E-state index contributed by atoms with van der Waals surface area (Å²) < 4.78 is 1.06. The molecule has 15 heavy (non-hydrogen) atoms. The average molecular weight is 286 g/mol. The van der Waals surface area contributed by atoms with Crippen molar-refractivity contribution in [2.45, 2.75) is 6.54 Å². The molecule has 78 valence electrons. The minimum Gasteiger partial charge on any atom is -0.347 e. The summed E-state index contributed by atoms with van der Waals surface area (Å²) in [4.78, 5) is 12.6. The lowest BCUT2D eigenvalue weighted by atomic mass is 10.3. The van der Waals surface area contributed by atoms with Crippen molar-refractivity contribution in [3.63, 3.8) is 0 Å². The van der Waals surface area contributed by atoms with Crippen LogP contribution in [0.4, 0.5) is 0 Å². The van der Waals surface area contributed by atoms with Crippen molar-refractivity contribution < 1.29 is 4.79 Å². The fraction of sp³-hybridized carbons (Fsp3) is 0.111. The molecule has 0 fully saturated rings. The highest BCUT2D eigenvalue weighted by molar-refractivity contribution is 9.11. The molecule has 2 aromatic rings. The van der Waals surface area contributed by atoms with Crippen LogP contribution in [0, 0.1) is 0 Å². The molecule has 0 aliphatic heterocycles. The highest BCUT2D eigenvalue weighted by atomic mass is 79.9. The van der Waals surface area contributed by atoms with Gasteiger partial charge in [-0.05, 0) is 28.1 Å². The van der Waals surface area contributed by atoms with Gasteiger partial charge in [0.2, 0.25) is 0 Å². The molecule has 0 aliphatic carbocycles. The van der Waals surface area contributed by atoms with Crippen molar-refractivity contribution in [2.24, 2.45) is 0 Å². The zero-order chi connectivity index (χ0) is 10.7. The Kier molecular flexibility index (Phi) is 3.17. The molecule has 0 atom stereocenters. The fourth-order valence-electron chi connectivity index (χ4n) is 1.09. The van der Waals surface area contributed by atoms with Gasteiger partial charge in [0.25, 0.3) is 5.91 Å². The van der Waals surface area contributed by atoms with E-state index in [2.05, 4.69) is 31.4 Å². The van der Waals surface area contributed by atoms with Crippen LogP contribution in [-0.2, 0) is 6.54 Å². The van der Waals surface area contributed by atoms with E-state index in [-0.39, 0.29) is 5.91 Å². The first-order chi connectivity index (χ1) is 7.25. The van der Waals surface area contributed by atoms with E-state index in [9.17, 15) is 4.79 Å². The van der Waals surface area contributed by atoms with E-state index >= 15 is 0 Å². The first-order valence-corrected chi connectivity index (χ1v) is 5.88. The molecule has 0 aliphatic rings. The molecule has 2 aromatic heterocycles. The Balaban J connectivity index is 1.91. The topological polar surface area (TPSA) is 57.8 Å². The maximum absolute atomic E-state index is 11.5. The van der Waals surface area contributed by atoms with Gasteiger partial charge in [0.15, 0.2) is 0 Å². The van der Waals surface area contributed by atoms with Crippen LogP contribution in [0.5, 0.6) is 0 Å². The largest absolute Gasteiger partial charge is 0.347 e. The monoisotopic (exact) mass is 285 g/mol. The zero-order valence-electron chi connectivity index (χ0n) is 7.66. The predicted molar refractivity (Wildman–Crippen MR) is 61.8 cm³/mol. The molecule has 0 bridgehead atoms. The molecule has 0 unspecified atom stereocenters. The summed E-state index contributed by atoms with van der Waals surface area (Å²) in [6, 6.07) is 3.94. The average Bonchev–Trinajstić information content (AvgIpc) is 2.84. The number of hydrogen-bond donors (Lipinski definition) is 2. The molecule has 0 saturated carbocycles. The summed E-state index contributed by atoms with van der Waals surface area (Å²) >= 11 is 4.97. The molecule has 0 aromatic carbocycles. The van der Waals surface area contributed by atoms with E-state index in [0.717, 1.165) is 8.66 Å². The SMILES string of the molecule is O=C(NCc1ccc(Br)s1)c1cn[nH]c1. The smallest absolute Gasteiger partial charge is 0.254 e. The van der Waals surface area contributed by atoms with Crippen molar-refractivity contribution in [1.29, 1.82) is 0 Å². The van der Waals surface area contributed by atoms with Gasteiger partial charge in [-0.3, -0.25) is 9.89 Å². The molecule has 1 amide bonds. The number of carbonyl (C=O) groups excluding carboxylic acids is 1. The number of aromatic nitrogens is 2. The third kappa shape index (κ3) is 2.66. The number of nitrogens with one attached hydrogen (secondary N) is 2. The van der Waals surface area contributed by atoms with Crippen LogP contribution in [0.15, 0.2) is 28.3 Å². The van der Waals surface area contributed by atoms with E-state index in [0.29, 0.717) is 12.1 Å². The van der Waals surface area contributed by atoms with Crippen LogP contribution in [0.2, 0.25) is 0 Å². The van der Waals surface area contributed by atoms with Crippen molar-refractivity contribution >= 4 is 33.2 Å². The van der Waals surface area contributed by atoms with Gasteiger partial charge in [-0.2, -0.15) is 5.10 Å². The second kappa shape index (κ2) is 4.59.